The minimum absolute atomic E-state index is 0.237. The number of hydrogen-bond donors (Lipinski definition) is 1. The molecule has 0 heterocycles. The van der Waals surface area contributed by atoms with E-state index in [2.05, 4.69) is 46.4 Å². The molecular formula is C17H16BrF2N. The SMILES string of the molecule is Cc1ccccc1C1CC(Nc2cc(Br)c(F)cc2F)C1. The molecule has 0 spiro atoms. The summed E-state index contributed by atoms with van der Waals surface area (Å²) < 4.78 is 27.2. The summed E-state index contributed by atoms with van der Waals surface area (Å²) in [7, 11) is 0. The average molecular weight is 352 g/mol. The van der Waals surface area contributed by atoms with Gasteiger partial charge in [-0.15, -0.1) is 0 Å². The molecule has 21 heavy (non-hydrogen) atoms. The van der Waals surface area contributed by atoms with Crippen molar-refractivity contribution in [3.05, 3.63) is 63.6 Å². The number of halogens is 3. The van der Waals surface area contributed by atoms with Gasteiger partial charge >= 0.3 is 0 Å². The summed E-state index contributed by atoms with van der Waals surface area (Å²) in [6.07, 6.45) is 1.94. The van der Waals surface area contributed by atoms with Crippen molar-refractivity contribution < 1.29 is 8.78 Å². The molecule has 0 bridgehead atoms. The van der Waals surface area contributed by atoms with Gasteiger partial charge in [-0.3, -0.25) is 0 Å². The van der Waals surface area contributed by atoms with Gasteiger partial charge in [-0.1, -0.05) is 24.3 Å². The zero-order valence-corrected chi connectivity index (χ0v) is 13.3. The van der Waals surface area contributed by atoms with Crippen LogP contribution in [-0.4, -0.2) is 6.04 Å². The molecule has 110 valence electrons. The number of nitrogens with one attached hydrogen (secondary N) is 1. The molecule has 0 unspecified atom stereocenters. The van der Waals surface area contributed by atoms with Crippen molar-refractivity contribution in [2.24, 2.45) is 0 Å². The molecule has 0 atom stereocenters. The van der Waals surface area contributed by atoms with Crippen molar-refractivity contribution in [2.45, 2.75) is 31.7 Å². The minimum Gasteiger partial charge on any atom is -0.380 e. The molecule has 0 radical (unpaired) electrons. The third-order valence-electron chi connectivity index (χ3n) is 4.14. The summed E-state index contributed by atoms with van der Waals surface area (Å²) in [5, 5.41) is 3.16. The second kappa shape index (κ2) is 5.76. The van der Waals surface area contributed by atoms with Gasteiger partial charge in [-0.2, -0.15) is 0 Å². The zero-order chi connectivity index (χ0) is 15.0. The van der Waals surface area contributed by atoms with E-state index in [0.29, 0.717) is 11.6 Å². The summed E-state index contributed by atoms with van der Waals surface area (Å²) in [5.41, 5.74) is 3.03. The Morgan fingerprint density at radius 3 is 2.52 bits per heavy atom. The van der Waals surface area contributed by atoms with E-state index >= 15 is 0 Å². The van der Waals surface area contributed by atoms with Gasteiger partial charge in [-0.05, 0) is 58.8 Å². The smallest absolute Gasteiger partial charge is 0.149 e. The Hall–Kier alpha value is -1.42. The number of anilines is 1. The standard InChI is InChI=1S/C17H16BrF2N/c1-10-4-2-3-5-13(10)11-6-12(7-11)21-17-8-14(18)15(19)9-16(17)20/h2-5,8-9,11-12,21H,6-7H2,1H3. The van der Waals surface area contributed by atoms with Gasteiger partial charge < -0.3 is 5.32 Å². The lowest BCUT2D eigenvalue weighted by Gasteiger charge is -2.37. The van der Waals surface area contributed by atoms with E-state index in [1.807, 2.05) is 6.07 Å². The summed E-state index contributed by atoms with van der Waals surface area (Å²) >= 11 is 3.09. The summed E-state index contributed by atoms with van der Waals surface area (Å²) in [5.74, 6) is -0.602. The lowest BCUT2D eigenvalue weighted by molar-refractivity contribution is 0.371. The third-order valence-corrected chi connectivity index (χ3v) is 4.74. The van der Waals surface area contributed by atoms with Crippen LogP contribution in [0, 0.1) is 18.6 Å². The highest BCUT2D eigenvalue weighted by Crippen LogP contribution is 2.40. The van der Waals surface area contributed by atoms with Crippen LogP contribution >= 0.6 is 15.9 Å². The van der Waals surface area contributed by atoms with E-state index in [9.17, 15) is 8.78 Å². The molecule has 0 aliphatic heterocycles. The quantitative estimate of drug-likeness (QED) is 0.730. The number of benzene rings is 2. The molecular weight excluding hydrogens is 336 g/mol. The molecule has 1 nitrogen and oxygen atoms in total. The van der Waals surface area contributed by atoms with Crippen molar-refractivity contribution in [2.75, 3.05) is 5.32 Å². The fraction of sp³-hybridized carbons (Fsp3) is 0.294. The van der Waals surface area contributed by atoms with Crippen molar-refractivity contribution in [3.63, 3.8) is 0 Å². The number of aryl methyl sites for hydroxylation is 1. The maximum Gasteiger partial charge on any atom is 0.149 e. The normalized spacial score (nSPS) is 21.0. The monoisotopic (exact) mass is 351 g/mol. The highest BCUT2D eigenvalue weighted by Gasteiger charge is 2.31. The van der Waals surface area contributed by atoms with E-state index in [4.69, 9.17) is 0 Å². The Labute approximate surface area is 131 Å². The first-order valence-corrected chi connectivity index (χ1v) is 7.80. The second-order valence-electron chi connectivity index (χ2n) is 5.61. The Bertz CT molecular complexity index is 666. The minimum atomic E-state index is -0.579. The Morgan fingerprint density at radius 2 is 1.81 bits per heavy atom. The highest BCUT2D eigenvalue weighted by atomic mass is 79.9. The first-order chi connectivity index (χ1) is 10.0. The molecule has 1 aliphatic carbocycles. The summed E-state index contributed by atoms with van der Waals surface area (Å²) in [4.78, 5) is 0. The molecule has 3 rings (SSSR count). The molecule has 1 N–H and O–H groups in total. The van der Waals surface area contributed by atoms with E-state index in [0.717, 1.165) is 18.9 Å². The lowest BCUT2D eigenvalue weighted by Crippen LogP contribution is -2.34. The van der Waals surface area contributed by atoms with Gasteiger partial charge in [0.1, 0.15) is 11.6 Å². The van der Waals surface area contributed by atoms with Crippen molar-refractivity contribution >= 4 is 21.6 Å². The van der Waals surface area contributed by atoms with Gasteiger partial charge in [0.15, 0.2) is 0 Å². The molecule has 4 heteroatoms. The second-order valence-corrected chi connectivity index (χ2v) is 6.47. The Balaban J connectivity index is 1.65. The van der Waals surface area contributed by atoms with Crippen LogP contribution in [0.2, 0.25) is 0 Å². The summed E-state index contributed by atoms with van der Waals surface area (Å²) in [6.45, 7) is 2.12. The van der Waals surface area contributed by atoms with Crippen molar-refractivity contribution in [3.8, 4) is 0 Å². The molecule has 2 aromatic rings. The van der Waals surface area contributed by atoms with Crippen LogP contribution < -0.4 is 5.32 Å². The maximum absolute atomic E-state index is 13.7. The average Bonchev–Trinajstić information content (AvgIpc) is 2.40. The van der Waals surface area contributed by atoms with Crippen LogP contribution in [0.5, 0.6) is 0 Å². The molecule has 1 saturated carbocycles. The van der Waals surface area contributed by atoms with Crippen molar-refractivity contribution in [1.82, 2.24) is 0 Å². The van der Waals surface area contributed by atoms with Crippen molar-refractivity contribution in [1.29, 1.82) is 0 Å². The Kier molecular flexibility index (Phi) is 3.98. The van der Waals surface area contributed by atoms with Crippen LogP contribution in [0.3, 0.4) is 0 Å². The van der Waals surface area contributed by atoms with E-state index in [-0.39, 0.29) is 10.5 Å². The molecule has 0 saturated heterocycles. The predicted octanol–water partition coefficient (Wildman–Crippen LogP) is 5.39. The topological polar surface area (TPSA) is 12.0 Å². The van der Waals surface area contributed by atoms with Gasteiger partial charge in [0.2, 0.25) is 0 Å². The van der Waals surface area contributed by atoms with Crippen LogP contribution in [0.15, 0.2) is 40.9 Å². The van der Waals surface area contributed by atoms with Crippen LogP contribution in [0.25, 0.3) is 0 Å². The van der Waals surface area contributed by atoms with Gasteiger partial charge in [0.25, 0.3) is 0 Å². The van der Waals surface area contributed by atoms with E-state index in [1.165, 1.54) is 17.2 Å². The van der Waals surface area contributed by atoms with Crippen LogP contribution in [0.1, 0.15) is 29.9 Å². The van der Waals surface area contributed by atoms with Crippen LogP contribution in [0.4, 0.5) is 14.5 Å². The fourth-order valence-corrected chi connectivity index (χ4v) is 3.23. The largest absolute Gasteiger partial charge is 0.380 e. The predicted molar refractivity (Wildman–Crippen MR) is 84.6 cm³/mol. The molecule has 0 aromatic heterocycles. The number of rotatable bonds is 3. The molecule has 2 aromatic carbocycles. The molecule has 0 amide bonds. The molecule has 1 aliphatic rings. The Morgan fingerprint density at radius 1 is 1.10 bits per heavy atom. The molecule has 1 fully saturated rings. The third kappa shape index (κ3) is 2.95. The first kappa shape index (κ1) is 14.5. The van der Waals surface area contributed by atoms with Gasteiger partial charge in [0.05, 0.1) is 10.2 Å². The van der Waals surface area contributed by atoms with E-state index in [1.54, 1.807) is 0 Å². The van der Waals surface area contributed by atoms with Gasteiger partial charge in [-0.25, -0.2) is 8.78 Å². The number of hydrogen-bond acceptors (Lipinski definition) is 1. The highest BCUT2D eigenvalue weighted by molar-refractivity contribution is 9.10. The maximum atomic E-state index is 13.7. The zero-order valence-electron chi connectivity index (χ0n) is 11.7. The summed E-state index contributed by atoms with van der Waals surface area (Å²) in [6, 6.07) is 11.0. The van der Waals surface area contributed by atoms with Crippen LogP contribution in [-0.2, 0) is 0 Å². The fourth-order valence-electron chi connectivity index (χ4n) is 2.89. The first-order valence-electron chi connectivity index (χ1n) is 7.01. The van der Waals surface area contributed by atoms with E-state index < -0.39 is 11.6 Å². The lowest BCUT2D eigenvalue weighted by atomic mass is 9.74. The van der Waals surface area contributed by atoms with Gasteiger partial charge in [0, 0.05) is 12.1 Å².